The Bertz CT molecular complexity index is 601. The first-order chi connectivity index (χ1) is 10.7. The molecule has 0 bridgehead atoms. The third-order valence-corrected chi connectivity index (χ3v) is 4.35. The second-order valence-corrected chi connectivity index (χ2v) is 6.19. The molecule has 1 amide bonds. The smallest absolute Gasteiger partial charge is 0.232 e. The van der Waals surface area contributed by atoms with Crippen molar-refractivity contribution in [2.45, 2.75) is 18.9 Å². The first kappa shape index (κ1) is 16.6. The zero-order valence-corrected chi connectivity index (χ0v) is 13.6. The Balaban J connectivity index is 1.77. The molecule has 2 rings (SSSR count). The van der Waals surface area contributed by atoms with E-state index in [0.29, 0.717) is 12.3 Å². The summed E-state index contributed by atoms with van der Waals surface area (Å²) in [6, 6.07) is 17.8. The van der Waals surface area contributed by atoms with Crippen LogP contribution in [-0.2, 0) is 23.7 Å². The molecular formula is C18H21NO2S. The summed E-state index contributed by atoms with van der Waals surface area (Å²) in [4.78, 5) is 13.9. The minimum atomic E-state index is 0.0528. The number of rotatable bonds is 7. The molecular weight excluding hydrogens is 294 g/mol. The van der Waals surface area contributed by atoms with Gasteiger partial charge >= 0.3 is 0 Å². The number of hydrogen-bond acceptors (Lipinski definition) is 3. The maximum Gasteiger partial charge on any atom is 0.232 e. The van der Waals surface area contributed by atoms with Crippen molar-refractivity contribution in [2.75, 3.05) is 12.8 Å². The highest BCUT2D eigenvalue weighted by Crippen LogP contribution is 2.15. The van der Waals surface area contributed by atoms with Crippen LogP contribution in [0.3, 0.4) is 0 Å². The minimum absolute atomic E-state index is 0.0528. The van der Waals surface area contributed by atoms with Crippen molar-refractivity contribution in [3.05, 3.63) is 71.3 Å². The summed E-state index contributed by atoms with van der Waals surface area (Å²) in [6.45, 7) is 0.692. The van der Waals surface area contributed by atoms with Gasteiger partial charge in [-0.2, -0.15) is 0 Å². The quantitative estimate of drug-likeness (QED) is 0.853. The van der Waals surface area contributed by atoms with Crippen molar-refractivity contribution in [3.63, 3.8) is 0 Å². The van der Waals surface area contributed by atoms with Crippen LogP contribution in [0.5, 0.6) is 0 Å². The lowest BCUT2D eigenvalue weighted by Crippen LogP contribution is -2.27. The van der Waals surface area contributed by atoms with E-state index < -0.39 is 0 Å². The number of carbonyl (C=O) groups excluding carboxylic acids is 1. The second kappa shape index (κ2) is 8.61. The van der Waals surface area contributed by atoms with Crippen LogP contribution < -0.4 is 0 Å². The summed E-state index contributed by atoms with van der Waals surface area (Å²) >= 11 is 1.60. The molecule has 2 aromatic rings. The number of carbonyl (C=O) groups is 1. The molecule has 0 aliphatic rings. The normalized spacial score (nSPS) is 10.5. The highest BCUT2D eigenvalue weighted by Gasteiger charge is 2.09. The maximum atomic E-state index is 12.1. The average Bonchev–Trinajstić information content (AvgIpc) is 2.56. The van der Waals surface area contributed by atoms with Crippen molar-refractivity contribution in [2.24, 2.45) is 0 Å². The standard InChI is InChI=1S/C18H21NO2S/c1-19(11-15-6-3-2-4-7-15)18(21)14-22-13-17-9-5-8-16(10-17)12-20/h2-10,20H,11-14H2,1H3. The Labute approximate surface area is 136 Å². The molecule has 0 aromatic heterocycles. The summed E-state index contributed by atoms with van der Waals surface area (Å²) in [5, 5.41) is 9.12. The summed E-state index contributed by atoms with van der Waals surface area (Å²) in [5.41, 5.74) is 3.18. The van der Waals surface area contributed by atoms with Gasteiger partial charge in [-0.25, -0.2) is 0 Å². The number of hydrogen-bond donors (Lipinski definition) is 1. The fourth-order valence-corrected chi connectivity index (χ4v) is 3.04. The highest BCUT2D eigenvalue weighted by atomic mass is 32.2. The zero-order chi connectivity index (χ0) is 15.8. The van der Waals surface area contributed by atoms with E-state index >= 15 is 0 Å². The van der Waals surface area contributed by atoms with Gasteiger partial charge in [-0.05, 0) is 16.7 Å². The molecule has 0 unspecified atom stereocenters. The predicted molar refractivity (Wildman–Crippen MR) is 91.4 cm³/mol. The van der Waals surface area contributed by atoms with Crippen LogP contribution in [-0.4, -0.2) is 28.7 Å². The van der Waals surface area contributed by atoms with Gasteiger partial charge in [-0.3, -0.25) is 4.79 Å². The van der Waals surface area contributed by atoms with Crippen LogP contribution in [0.25, 0.3) is 0 Å². The molecule has 1 N–H and O–H groups in total. The number of benzene rings is 2. The van der Waals surface area contributed by atoms with Crippen molar-refractivity contribution in [1.82, 2.24) is 4.90 Å². The molecule has 3 nitrogen and oxygen atoms in total. The first-order valence-electron chi connectivity index (χ1n) is 7.23. The average molecular weight is 315 g/mol. The molecule has 2 aromatic carbocycles. The van der Waals surface area contributed by atoms with Gasteiger partial charge in [0.05, 0.1) is 12.4 Å². The van der Waals surface area contributed by atoms with Crippen molar-refractivity contribution >= 4 is 17.7 Å². The van der Waals surface area contributed by atoms with Gasteiger partial charge in [-0.15, -0.1) is 11.8 Å². The lowest BCUT2D eigenvalue weighted by atomic mass is 10.1. The minimum Gasteiger partial charge on any atom is -0.392 e. The molecule has 22 heavy (non-hydrogen) atoms. The predicted octanol–water partition coefficient (Wildman–Crippen LogP) is 3.07. The van der Waals surface area contributed by atoms with Crippen LogP contribution in [0.1, 0.15) is 16.7 Å². The summed E-state index contributed by atoms with van der Waals surface area (Å²) in [7, 11) is 1.84. The number of aliphatic hydroxyl groups excluding tert-OH is 1. The van der Waals surface area contributed by atoms with E-state index in [9.17, 15) is 4.79 Å². The van der Waals surface area contributed by atoms with Gasteiger partial charge in [0.15, 0.2) is 0 Å². The Hall–Kier alpha value is -1.78. The van der Waals surface area contributed by atoms with E-state index in [1.54, 1.807) is 16.7 Å². The highest BCUT2D eigenvalue weighted by molar-refractivity contribution is 7.99. The van der Waals surface area contributed by atoms with Gasteiger partial charge in [0, 0.05) is 19.3 Å². The lowest BCUT2D eigenvalue weighted by molar-refractivity contribution is -0.127. The second-order valence-electron chi connectivity index (χ2n) is 5.21. The molecule has 4 heteroatoms. The van der Waals surface area contributed by atoms with Crippen LogP contribution in [0.4, 0.5) is 0 Å². The van der Waals surface area contributed by atoms with Crippen molar-refractivity contribution in [3.8, 4) is 0 Å². The number of nitrogens with zero attached hydrogens (tertiary/aromatic N) is 1. The fourth-order valence-electron chi connectivity index (χ4n) is 2.13. The number of amides is 1. The van der Waals surface area contributed by atoms with Crippen molar-refractivity contribution in [1.29, 1.82) is 0 Å². The van der Waals surface area contributed by atoms with Gasteiger partial charge in [0.2, 0.25) is 5.91 Å². The van der Waals surface area contributed by atoms with E-state index in [1.807, 2.05) is 61.6 Å². The fraction of sp³-hybridized carbons (Fsp3) is 0.278. The number of thioether (sulfide) groups is 1. The first-order valence-corrected chi connectivity index (χ1v) is 8.39. The van der Waals surface area contributed by atoms with Crippen LogP contribution >= 0.6 is 11.8 Å². The van der Waals surface area contributed by atoms with E-state index in [4.69, 9.17) is 5.11 Å². The third-order valence-electron chi connectivity index (χ3n) is 3.36. The molecule has 0 aliphatic carbocycles. The Morgan fingerprint density at radius 2 is 1.73 bits per heavy atom. The van der Waals surface area contributed by atoms with Crippen molar-refractivity contribution < 1.29 is 9.90 Å². The monoisotopic (exact) mass is 315 g/mol. The third kappa shape index (κ3) is 5.20. The van der Waals surface area contributed by atoms with Gasteiger partial charge < -0.3 is 10.0 Å². The lowest BCUT2D eigenvalue weighted by Gasteiger charge is -2.17. The summed E-state index contributed by atoms with van der Waals surface area (Å²) < 4.78 is 0. The van der Waals surface area contributed by atoms with Gasteiger partial charge in [-0.1, -0.05) is 54.6 Å². The van der Waals surface area contributed by atoms with E-state index in [-0.39, 0.29) is 12.5 Å². The Morgan fingerprint density at radius 3 is 2.45 bits per heavy atom. The maximum absolute atomic E-state index is 12.1. The zero-order valence-electron chi connectivity index (χ0n) is 12.7. The van der Waals surface area contributed by atoms with E-state index in [2.05, 4.69) is 0 Å². The molecule has 0 aliphatic heterocycles. The van der Waals surface area contributed by atoms with Gasteiger partial charge in [0.25, 0.3) is 0 Å². The molecule has 0 atom stereocenters. The summed E-state index contributed by atoms with van der Waals surface area (Å²) in [6.07, 6.45) is 0. The Kier molecular flexibility index (Phi) is 6.49. The molecule has 0 saturated carbocycles. The van der Waals surface area contributed by atoms with Crippen LogP contribution in [0, 0.1) is 0 Å². The van der Waals surface area contributed by atoms with E-state index in [0.717, 1.165) is 22.4 Å². The molecule has 0 heterocycles. The Morgan fingerprint density at radius 1 is 1.05 bits per heavy atom. The topological polar surface area (TPSA) is 40.5 Å². The SMILES string of the molecule is CN(Cc1ccccc1)C(=O)CSCc1cccc(CO)c1. The molecule has 0 fully saturated rings. The molecule has 0 radical (unpaired) electrons. The molecule has 0 spiro atoms. The molecule has 116 valence electrons. The molecule has 0 saturated heterocycles. The van der Waals surface area contributed by atoms with Gasteiger partial charge in [0.1, 0.15) is 0 Å². The van der Waals surface area contributed by atoms with Crippen LogP contribution in [0.2, 0.25) is 0 Å². The summed E-state index contributed by atoms with van der Waals surface area (Å²) in [5.74, 6) is 1.37. The van der Waals surface area contributed by atoms with Crippen LogP contribution in [0.15, 0.2) is 54.6 Å². The number of aliphatic hydroxyl groups is 1. The van der Waals surface area contributed by atoms with E-state index in [1.165, 1.54) is 0 Å². The largest absolute Gasteiger partial charge is 0.392 e.